The maximum atomic E-state index is 11.5. The number of hydrogen-bond acceptors (Lipinski definition) is 2. The molecule has 0 aromatic rings. The lowest BCUT2D eigenvalue weighted by molar-refractivity contribution is -0.138. The lowest BCUT2D eigenvalue weighted by Gasteiger charge is -2.29. The van der Waals surface area contributed by atoms with Crippen LogP contribution in [0.1, 0.15) is 46.0 Å². The molecule has 0 bridgehead atoms. The SMILES string of the molecule is CC[C@H](O[C@@H]1CCC[C@@H](C)C1)C(=O)NC. The molecule has 15 heavy (non-hydrogen) atoms. The Hall–Kier alpha value is -0.570. The molecule has 0 heterocycles. The number of ether oxygens (including phenoxy) is 1. The molecule has 1 aliphatic carbocycles. The number of carbonyl (C=O) groups excluding carboxylic acids is 1. The van der Waals surface area contributed by atoms with Crippen LogP contribution < -0.4 is 5.32 Å². The van der Waals surface area contributed by atoms with Gasteiger partial charge >= 0.3 is 0 Å². The quantitative estimate of drug-likeness (QED) is 0.776. The normalized spacial score (nSPS) is 28.5. The van der Waals surface area contributed by atoms with Crippen molar-refractivity contribution >= 4 is 5.91 Å². The molecular weight excluding hydrogens is 190 g/mol. The zero-order chi connectivity index (χ0) is 11.3. The van der Waals surface area contributed by atoms with Crippen molar-refractivity contribution in [2.24, 2.45) is 5.92 Å². The first kappa shape index (κ1) is 12.5. The fraction of sp³-hybridized carbons (Fsp3) is 0.917. The Morgan fingerprint density at radius 2 is 2.27 bits per heavy atom. The van der Waals surface area contributed by atoms with E-state index in [1.54, 1.807) is 7.05 Å². The Morgan fingerprint density at radius 1 is 1.53 bits per heavy atom. The molecule has 0 aromatic carbocycles. The Bertz CT molecular complexity index is 206. The Labute approximate surface area is 92.6 Å². The second-order valence-corrected chi connectivity index (χ2v) is 4.54. The van der Waals surface area contributed by atoms with Crippen LogP contribution in [0.25, 0.3) is 0 Å². The highest BCUT2D eigenvalue weighted by Gasteiger charge is 2.24. The van der Waals surface area contributed by atoms with Crippen molar-refractivity contribution in [3.8, 4) is 0 Å². The molecule has 1 N–H and O–H groups in total. The molecule has 0 unspecified atom stereocenters. The molecule has 1 saturated carbocycles. The van der Waals surface area contributed by atoms with Crippen molar-refractivity contribution in [1.29, 1.82) is 0 Å². The van der Waals surface area contributed by atoms with E-state index in [0.717, 1.165) is 25.2 Å². The van der Waals surface area contributed by atoms with Crippen LogP contribution in [0.5, 0.6) is 0 Å². The molecule has 1 aliphatic rings. The maximum absolute atomic E-state index is 11.5. The van der Waals surface area contributed by atoms with Crippen LogP contribution in [0.15, 0.2) is 0 Å². The minimum atomic E-state index is -0.259. The van der Waals surface area contributed by atoms with Gasteiger partial charge < -0.3 is 10.1 Å². The summed E-state index contributed by atoms with van der Waals surface area (Å²) >= 11 is 0. The molecule has 0 spiro atoms. The van der Waals surface area contributed by atoms with E-state index in [1.807, 2.05) is 6.92 Å². The van der Waals surface area contributed by atoms with E-state index < -0.39 is 0 Å². The molecule has 1 amide bonds. The van der Waals surface area contributed by atoms with Crippen molar-refractivity contribution < 1.29 is 9.53 Å². The molecule has 0 saturated heterocycles. The van der Waals surface area contributed by atoms with Gasteiger partial charge in [-0.05, 0) is 25.2 Å². The summed E-state index contributed by atoms with van der Waals surface area (Å²) in [7, 11) is 1.66. The molecule has 3 heteroatoms. The molecule has 88 valence electrons. The molecule has 0 aromatic heterocycles. The monoisotopic (exact) mass is 213 g/mol. The zero-order valence-corrected chi connectivity index (χ0v) is 10.1. The van der Waals surface area contributed by atoms with Crippen LogP contribution in [0.4, 0.5) is 0 Å². The van der Waals surface area contributed by atoms with Crippen molar-refractivity contribution in [1.82, 2.24) is 5.32 Å². The summed E-state index contributed by atoms with van der Waals surface area (Å²) in [4.78, 5) is 11.5. The van der Waals surface area contributed by atoms with Gasteiger partial charge in [0.25, 0.3) is 0 Å². The van der Waals surface area contributed by atoms with E-state index in [4.69, 9.17) is 4.74 Å². The third-order valence-electron chi connectivity index (χ3n) is 3.15. The van der Waals surface area contributed by atoms with E-state index in [2.05, 4.69) is 12.2 Å². The Morgan fingerprint density at radius 3 is 2.80 bits per heavy atom. The number of nitrogens with one attached hydrogen (secondary N) is 1. The highest BCUT2D eigenvalue weighted by molar-refractivity contribution is 5.80. The molecule has 0 radical (unpaired) electrons. The lowest BCUT2D eigenvalue weighted by Crippen LogP contribution is -2.37. The Balaban J connectivity index is 2.40. The predicted molar refractivity (Wildman–Crippen MR) is 60.7 cm³/mol. The summed E-state index contributed by atoms with van der Waals surface area (Å²) in [5, 5.41) is 2.65. The minimum absolute atomic E-state index is 0.00993. The second-order valence-electron chi connectivity index (χ2n) is 4.54. The van der Waals surface area contributed by atoms with Crippen LogP contribution in [0.3, 0.4) is 0 Å². The van der Waals surface area contributed by atoms with Crippen molar-refractivity contribution in [3.63, 3.8) is 0 Å². The molecule has 3 nitrogen and oxygen atoms in total. The van der Waals surface area contributed by atoms with Gasteiger partial charge in [0.1, 0.15) is 6.10 Å². The van der Waals surface area contributed by atoms with Crippen LogP contribution in [0.2, 0.25) is 0 Å². The van der Waals surface area contributed by atoms with E-state index in [9.17, 15) is 4.79 Å². The highest BCUT2D eigenvalue weighted by Crippen LogP contribution is 2.26. The minimum Gasteiger partial charge on any atom is -0.365 e. The first-order chi connectivity index (χ1) is 7.17. The predicted octanol–water partition coefficient (Wildman–Crippen LogP) is 2.11. The topological polar surface area (TPSA) is 38.3 Å². The molecule has 3 atom stereocenters. The zero-order valence-electron chi connectivity index (χ0n) is 10.1. The van der Waals surface area contributed by atoms with Crippen LogP contribution in [-0.2, 0) is 9.53 Å². The first-order valence-electron chi connectivity index (χ1n) is 6.04. The van der Waals surface area contributed by atoms with Gasteiger partial charge in [0.2, 0.25) is 5.91 Å². The molecular formula is C12H23NO2. The average molecular weight is 213 g/mol. The summed E-state index contributed by atoms with van der Waals surface area (Å²) < 4.78 is 5.85. The summed E-state index contributed by atoms with van der Waals surface area (Å²) in [6.07, 6.45) is 5.53. The van der Waals surface area contributed by atoms with Gasteiger partial charge in [-0.15, -0.1) is 0 Å². The molecule has 1 fully saturated rings. The van der Waals surface area contributed by atoms with Crippen LogP contribution in [-0.4, -0.2) is 25.2 Å². The second kappa shape index (κ2) is 6.11. The van der Waals surface area contributed by atoms with Crippen LogP contribution >= 0.6 is 0 Å². The Kier molecular flexibility index (Phi) is 5.09. The van der Waals surface area contributed by atoms with Crippen molar-refractivity contribution in [3.05, 3.63) is 0 Å². The maximum Gasteiger partial charge on any atom is 0.248 e. The fourth-order valence-electron chi connectivity index (χ4n) is 2.24. The molecule has 0 aliphatic heterocycles. The molecule has 1 rings (SSSR count). The number of amides is 1. The summed E-state index contributed by atoms with van der Waals surface area (Å²) in [5.74, 6) is 0.752. The highest BCUT2D eigenvalue weighted by atomic mass is 16.5. The van der Waals surface area contributed by atoms with Crippen molar-refractivity contribution in [2.45, 2.75) is 58.2 Å². The largest absolute Gasteiger partial charge is 0.365 e. The lowest BCUT2D eigenvalue weighted by atomic mass is 9.88. The van der Waals surface area contributed by atoms with Gasteiger partial charge in [-0.25, -0.2) is 0 Å². The van der Waals surface area contributed by atoms with E-state index in [1.165, 1.54) is 12.8 Å². The fourth-order valence-corrected chi connectivity index (χ4v) is 2.24. The van der Waals surface area contributed by atoms with Crippen LogP contribution in [0, 0.1) is 5.92 Å². The van der Waals surface area contributed by atoms with Gasteiger partial charge in [-0.1, -0.05) is 26.7 Å². The average Bonchev–Trinajstić information content (AvgIpc) is 2.25. The summed E-state index contributed by atoms with van der Waals surface area (Å²) in [5.41, 5.74) is 0. The number of likely N-dealkylation sites (N-methyl/N-ethyl adjacent to an activating group) is 1. The number of hydrogen-bond donors (Lipinski definition) is 1. The van der Waals surface area contributed by atoms with Gasteiger partial charge in [0.05, 0.1) is 6.10 Å². The van der Waals surface area contributed by atoms with Gasteiger partial charge in [0, 0.05) is 7.05 Å². The number of rotatable bonds is 4. The third kappa shape index (κ3) is 3.82. The number of carbonyl (C=O) groups is 1. The summed E-state index contributed by atoms with van der Waals surface area (Å²) in [6, 6.07) is 0. The van der Waals surface area contributed by atoms with Gasteiger partial charge in [-0.2, -0.15) is 0 Å². The third-order valence-corrected chi connectivity index (χ3v) is 3.15. The van der Waals surface area contributed by atoms with E-state index in [0.29, 0.717) is 0 Å². The van der Waals surface area contributed by atoms with Gasteiger partial charge in [0.15, 0.2) is 0 Å². The van der Waals surface area contributed by atoms with Gasteiger partial charge in [-0.3, -0.25) is 4.79 Å². The smallest absolute Gasteiger partial charge is 0.248 e. The standard InChI is InChI=1S/C12H23NO2/c1-4-11(12(14)13-3)15-10-7-5-6-9(2)8-10/h9-11H,4-8H2,1-3H3,(H,13,14)/t9-,10-,11+/m1/s1. The van der Waals surface area contributed by atoms with Crippen molar-refractivity contribution in [2.75, 3.05) is 7.05 Å². The van der Waals surface area contributed by atoms with E-state index in [-0.39, 0.29) is 18.1 Å². The van der Waals surface area contributed by atoms with E-state index >= 15 is 0 Å². The summed E-state index contributed by atoms with van der Waals surface area (Å²) in [6.45, 7) is 4.25. The first-order valence-corrected chi connectivity index (χ1v) is 6.04.